The van der Waals surface area contributed by atoms with Gasteiger partial charge in [0, 0.05) is 24.7 Å². The average Bonchev–Trinajstić information content (AvgIpc) is 2.76. The van der Waals surface area contributed by atoms with Crippen LogP contribution in [0, 0.1) is 18.6 Å². The summed E-state index contributed by atoms with van der Waals surface area (Å²) in [6.07, 6.45) is -0.118. The molecule has 0 fully saturated rings. The second-order valence-corrected chi connectivity index (χ2v) is 8.81. The maximum Gasteiger partial charge on any atom is 0.261 e. The number of rotatable bonds is 8. The van der Waals surface area contributed by atoms with Gasteiger partial charge in [0.1, 0.15) is 11.6 Å². The Labute approximate surface area is 189 Å². The van der Waals surface area contributed by atoms with Gasteiger partial charge in [0.2, 0.25) is 5.91 Å². The highest BCUT2D eigenvalue weighted by atomic mass is 32.2. The molecule has 7 nitrogen and oxygen atoms in total. The number of hydrogen-bond donors (Lipinski definition) is 3. The lowest BCUT2D eigenvalue weighted by atomic mass is 10.2. The molecular weight excluding hydrogens is 452 g/mol. The molecular formula is C23H21F2N3O4S. The van der Waals surface area contributed by atoms with Crippen molar-refractivity contribution < 1.29 is 26.8 Å². The zero-order chi connectivity index (χ0) is 24.0. The topological polar surface area (TPSA) is 104 Å². The highest BCUT2D eigenvalue weighted by molar-refractivity contribution is 7.92. The first-order valence-corrected chi connectivity index (χ1v) is 11.4. The van der Waals surface area contributed by atoms with Crippen LogP contribution < -0.4 is 15.4 Å². The minimum absolute atomic E-state index is 0.0825. The molecule has 3 aromatic carbocycles. The Bertz CT molecular complexity index is 1280. The quantitative estimate of drug-likeness (QED) is 0.463. The minimum atomic E-state index is -3.80. The Morgan fingerprint density at radius 2 is 1.67 bits per heavy atom. The van der Waals surface area contributed by atoms with Crippen molar-refractivity contribution in [2.24, 2.45) is 0 Å². The fraction of sp³-hybridized carbons (Fsp3) is 0.130. The molecule has 0 spiro atoms. The average molecular weight is 474 g/mol. The van der Waals surface area contributed by atoms with Gasteiger partial charge in [0.25, 0.3) is 15.9 Å². The fourth-order valence-electron chi connectivity index (χ4n) is 2.89. The molecule has 0 saturated heterocycles. The molecule has 0 atom stereocenters. The lowest BCUT2D eigenvalue weighted by molar-refractivity contribution is -0.116. The maximum absolute atomic E-state index is 13.6. The van der Waals surface area contributed by atoms with E-state index in [4.69, 9.17) is 0 Å². The molecule has 0 aromatic heterocycles. The third-order valence-corrected chi connectivity index (χ3v) is 6.01. The van der Waals surface area contributed by atoms with Gasteiger partial charge in [0.05, 0.1) is 16.1 Å². The first kappa shape index (κ1) is 23.9. The van der Waals surface area contributed by atoms with Gasteiger partial charge < -0.3 is 10.6 Å². The van der Waals surface area contributed by atoms with E-state index in [1.54, 1.807) is 37.3 Å². The number of halogens is 2. The standard InChI is InChI=1S/C23H21F2N3O4S/c1-15-7-9-17(14-21(15)28-33(31,32)18-5-3-2-4-6-18)27-22(29)11-12-26-23(30)19-10-8-16(24)13-20(19)25/h2-10,13-14,28H,11-12H2,1H3,(H,26,30)(H,27,29). The van der Waals surface area contributed by atoms with Crippen LogP contribution >= 0.6 is 0 Å². The van der Waals surface area contributed by atoms with Crippen molar-refractivity contribution in [1.29, 1.82) is 0 Å². The van der Waals surface area contributed by atoms with Crippen LogP contribution in [-0.4, -0.2) is 26.8 Å². The number of carbonyl (C=O) groups excluding carboxylic acids is 2. The van der Waals surface area contributed by atoms with E-state index in [-0.39, 0.29) is 23.4 Å². The van der Waals surface area contributed by atoms with Crippen LogP contribution in [0.2, 0.25) is 0 Å². The molecule has 33 heavy (non-hydrogen) atoms. The third-order valence-electron chi connectivity index (χ3n) is 4.63. The Morgan fingerprint density at radius 1 is 0.939 bits per heavy atom. The van der Waals surface area contributed by atoms with E-state index in [1.807, 2.05) is 0 Å². The Hall–Kier alpha value is -3.79. The van der Waals surface area contributed by atoms with Crippen LogP contribution in [0.1, 0.15) is 22.3 Å². The third kappa shape index (κ3) is 6.36. The van der Waals surface area contributed by atoms with Crippen LogP contribution in [0.3, 0.4) is 0 Å². The van der Waals surface area contributed by atoms with Crippen molar-refractivity contribution in [3.63, 3.8) is 0 Å². The summed E-state index contributed by atoms with van der Waals surface area (Å²) in [4.78, 5) is 24.3. The van der Waals surface area contributed by atoms with E-state index in [1.165, 1.54) is 18.2 Å². The van der Waals surface area contributed by atoms with E-state index >= 15 is 0 Å². The molecule has 10 heteroatoms. The SMILES string of the molecule is Cc1ccc(NC(=O)CCNC(=O)c2ccc(F)cc2F)cc1NS(=O)(=O)c1ccccc1. The lowest BCUT2D eigenvalue weighted by Gasteiger charge is -2.13. The van der Waals surface area contributed by atoms with Crippen LogP contribution in [0.4, 0.5) is 20.2 Å². The maximum atomic E-state index is 13.6. The number of carbonyl (C=O) groups is 2. The summed E-state index contributed by atoms with van der Waals surface area (Å²) in [7, 11) is -3.80. The van der Waals surface area contributed by atoms with Crippen molar-refractivity contribution >= 4 is 33.2 Å². The van der Waals surface area contributed by atoms with E-state index in [0.717, 1.165) is 12.1 Å². The number of nitrogens with one attached hydrogen (secondary N) is 3. The fourth-order valence-corrected chi connectivity index (χ4v) is 4.04. The Morgan fingerprint density at radius 3 is 2.36 bits per heavy atom. The first-order valence-electron chi connectivity index (χ1n) is 9.87. The largest absolute Gasteiger partial charge is 0.351 e. The second-order valence-electron chi connectivity index (χ2n) is 7.13. The van der Waals surface area contributed by atoms with Crippen molar-refractivity contribution in [2.75, 3.05) is 16.6 Å². The van der Waals surface area contributed by atoms with Gasteiger partial charge >= 0.3 is 0 Å². The molecule has 0 saturated carbocycles. The van der Waals surface area contributed by atoms with Gasteiger partial charge in [-0.15, -0.1) is 0 Å². The number of anilines is 2. The predicted molar refractivity (Wildman–Crippen MR) is 120 cm³/mol. The van der Waals surface area contributed by atoms with Gasteiger partial charge in [-0.3, -0.25) is 14.3 Å². The van der Waals surface area contributed by atoms with E-state index in [9.17, 15) is 26.8 Å². The summed E-state index contributed by atoms with van der Waals surface area (Å²) in [5, 5.41) is 5.01. The summed E-state index contributed by atoms with van der Waals surface area (Å²) in [6, 6.07) is 15.2. The van der Waals surface area contributed by atoms with E-state index < -0.39 is 33.5 Å². The van der Waals surface area contributed by atoms with Crippen molar-refractivity contribution in [3.8, 4) is 0 Å². The van der Waals surface area contributed by atoms with Crippen molar-refractivity contribution in [1.82, 2.24) is 5.32 Å². The van der Waals surface area contributed by atoms with Crippen molar-refractivity contribution in [3.05, 3.63) is 89.5 Å². The summed E-state index contributed by atoms with van der Waals surface area (Å²) >= 11 is 0. The van der Waals surface area contributed by atoms with E-state index in [2.05, 4.69) is 15.4 Å². The number of aryl methyl sites for hydroxylation is 1. The van der Waals surface area contributed by atoms with Gasteiger partial charge in [-0.2, -0.15) is 0 Å². The smallest absolute Gasteiger partial charge is 0.261 e. The van der Waals surface area contributed by atoms with Crippen LogP contribution in [0.25, 0.3) is 0 Å². The normalized spacial score (nSPS) is 11.0. The second kappa shape index (κ2) is 10.2. The van der Waals surface area contributed by atoms with Gasteiger partial charge in [-0.25, -0.2) is 17.2 Å². The molecule has 0 aliphatic carbocycles. The van der Waals surface area contributed by atoms with Gasteiger partial charge in [0.15, 0.2) is 0 Å². The molecule has 3 aromatic rings. The molecule has 0 aliphatic rings. The zero-order valence-corrected chi connectivity index (χ0v) is 18.4. The highest BCUT2D eigenvalue weighted by Crippen LogP contribution is 2.23. The van der Waals surface area contributed by atoms with Gasteiger partial charge in [-0.05, 0) is 48.9 Å². The Balaban J connectivity index is 1.58. The molecule has 0 heterocycles. The number of hydrogen-bond acceptors (Lipinski definition) is 4. The van der Waals surface area contributed by atoms with Crippen LogP contribution in [0.15, 0.2) is 71.6 Å². The summed E-state index contributed by atoms with van der Waals surface area (Å²) in [6.45, 7) is 1.64. The molecule has 172 valence electrons. The molecule has 0 bridgehead atoms. The van der Waals surface area contributed by atoms with E-state index in [0.29, 0.717) is 23.0 Å². The number of benzene rings is 3. The predicted octanol–water partition coefficient (Wildman–Crippen LogP) is 3.83. The first-order chi connectivity index (χ1) is 15.7. The highest BCUT2D eigenvalue weighted by Gasteiger charge is 2.16. The summed E-state index contributed by atoms with van der Waals surface area (Å²) in [5.74, 6) is -3.02. The lowest BCUT2D eigenvalue weighted by Crippen LogP contribution is -2.28. The zero-order valence-electron chi connectivity index (χ0n) is 17.6. The minimum Gasteiger partial charge on any atom is -0.351 e. The van der Waals surface area contributed by atoms with Crippen LogP contribution in [-0.2, 0) is 14.8 Å². The van der Waals surface area contributed by atoms with Crippen molar-refractivity contribution in [2.45, 2.75) is 18.2 Å². The number of sulfonamides is 1. The molecule has 3 N–H and O–H groups in total. The molecule has 3 rings (SSSR count). The molecule has 0 aliphatic heterocycles. The monoisotopic (exact) mass is 473 g/mol. The Kier molecular flexibility index (Phi) is 7.39. The molecule has 2 amide bonds. The molecule has 0 unspecified atom stereocenters. The summed E-state index contributed by atoms with van der Waals surface area (Å²) < 4.78 is 54.2. The number of amides is 2. The van der Waals surface area contributed by atoms with Gasteiger partial charge in [-0.1, -0.05) is 24.3 Å². The summed E-state index contributed by atoms with van der Waals surface area (Å²) in [5.41, 5.74) is 0.982. The molecule has 0 radical (unpaired) electrons. The van der Waals surface area contributed by atoms with Crippen LogP contribution in [0.5, 0.6) is 0 Å².